The van der Waals surface area contributed by atoms with E-state index in [1.54, 1.807) is 13.1 Å². The number of ketones is 1. The Labute approximate surface area is 95.0 Å². The van der Waals surface area contributed by atoms with Gasteiger partial charge in [0.05, 0.1) is 12.2 Å². The van der Waals surface area contributed by atoms with E-state index in [2.05, 4.69) is 4.98 Å². The quantitative estimate of drug-likeness (QED) is 0.474. The highest BCUT2D eigenvalue weighted by molar-refractivity contribution is 6.05. The number of hydrogen-bond donors (Lipinski definition) is 1. The van der Waals surface area contributed by atoms with Crippen LogP contribution in [0.1, 0.15) is 53.1 Å². The molecule has 0 spiro atoms. The van der Waals surface area contributed by atoms with E-state index in [4.69, 9.17) is 4.74 Å². The molecule has 0 aliphatic carbocycles. The second kappa shape index (κ2) is 5.49. The van der Waals surface area contributed by atoms with Gasteiger partial charge in [-0.25, -0.2) is 4.79 Å². The Kier molecular flexibility index (Phi) is 4.28. The van der Waals surface area contributed by atoms with Crippen molar-refractivity contribution in [1.82, 2.24) is 4.98 Å². The van der Waals surface area contributed by atoms with E-state index < -0.39 is 5.97 Å². The molecule has 0 aliphatic heterocycles. The summed E-state index contributed by atoms with van der Waals surface area (Å²) in [6.07, 6.45) is 3.45. The SMILES string of the molecule is CCCCOC(=O)c1[nH]cc(C)c1C(C)=O. The molecule has 1 rings (SSSR count). The van der Waals surface area contributed by atoms with Crippen LogP contribution in [0.4, 0.5) is 0 Å². The van der Waals surface area contributed by atoms with Crippen LogP contribution in [0.15, 0.2) is 6.20 Å². The van der Waals surface area contributed by atoms with Crippen LogP contribution >= 0.6 is 0 Å². The summed E-state index contributed by atoms with van der Waals surface area (Å²) in [5.41, 5.74) is 1.47. The van der Waals surface area contributed by atoms with Gasteiger partial charge in [0.2, 0.25) is 0 Å². The van der Waals surface area contributed by atoms with Crippen molar-refractivity contribution >= 4 is 11.8 Å². The van der Waals surface area contributed by atoms with Crippen molar-refractivity contribution in [1.29, 1.82) is 0 Å². The van der Waals surface area contributed by atoms with Gasteiger partial charge in [-0.15, -0.1) is 0 Å². The van der Waals surface area contributed by atoms with Crippen LogP contribution in [0, 0.1) is 6.92 Å². The van der Waals surface area contributed by atoms with E-state index in [1.165, 1.54) is 6.92 Å². The summed E-state index contributed by atoms with van der Waals surface area (Å²) in [5, 5.41) is 0. The summed E-state index contributed by atoms with van der Waals surface area (Å²) in [4.78, 5) is 25.8. The predicted octanol–water partition coefficient (Wildman–Crippen LogP) is 2.48. The van der Waals surface area contributed by atoms with Gasteiger partial charge in [0.15, 0.2) is 5.78 Å². The molecule has 1 heterocycles. The molecule has 1 aromatic heterocycles. The van der Waals surface area contributed by atoms with Crippen molar-refractivity contribution in [3.63, 3.8) is 0 Å². The second-order valence-corrected chi connectivity index (χ2v) is 3.77. The second-order valence-electron chi connectivity index (χ2n) is 3.77. The molecule has 1 N–H and O–H groups in total. The fourth-order valence-corrected chi connectivity index (χ4v) is 1.52. The standard InChI is InChI=1S/C12H17NO3/c1-4-5-6-16-12(15)11-10(9(3)14)8(2)7-13-11/h7,13H,4-6H2,1-3H3. The van der Waals surface area contributed by atoms with Crippen LogP contribution in [0.25, 0.3) is 0 Å². The first-order valence-corrected chi connectivity index (χ1v) is 5.44. The molecular weight excluding hydrogens is 206 g/mol. The molecule has 4 heteroatoms. The minimum Gasteiger partial charge on any atom is -0.461 e. The summed E-state index contributed by atoms with van der Waals surface area (Å²) < 4.78 is 5.05. The van der Waals surface area contributed by atoms with Gasteiger partial charge in [-0.3, -0.25) is 4.79 Å². The molecule has 88 valence electrons. The van der Waals surface area contributed by atoms with E-state index in [9.17, 15) is 9.59 Å². The molecule has 0 saturated heterocycles. The molecule has 16 heavy (non-hydrogen) atoms. The maximum atomic E-state index is 11.7. The summed E-state index contributed by atoms with van der Waals surface area (Å²) in [5.74, 6) is -0.576. The third kappa shape index (κ3) is 2.72. The Morgan fingerprint density at radius 2 is 2.12 bits per heavy atom. The van der Waals surface area contributed by atoms with Crippen LogP contribution in [-0.4, -0.2) is 23.3 Å². The molecule has 0 saturated carbocycles. The van der Waals surface area contributed by atoms with E-state index in [-0.39, 0.29) is 11.5 Å². The summed E-state index contributed by atoms with van der Waals surface area (Å²) in [6, 6.07) is 0. The molecule has 1 aromatic rings. The number of rotatable bonds is 5. The van der Waals surface area contributed by atoms with Gasteiger partial charge in [0.25, 0.3) is 0 Å². The summed E-state index contributed by atoms with van der Waals surface area (Å²) in [7, 11) is 0. The van der Waals surface area contributed by atoms with Crippen molar-refractivity contribution in [2.45, 2.75) is 33.6 Å². The highest BCUT2D eigenvalue weighted by Crippen LogP contribution is 2.15. The molecular formula is C12H17NO3. The largest absolute Gasteiger partial charge is 0.461 e. The van der Waals surface area contributed by atoms with Gasteiger partial charge in [-0.2, -0.15) is 0 Å². The van der Waals surface area contributed by atoms with Crippen LogP contribution in [0.2, 0.25) is 0 Å². The first-order valence-electron chi connectivity index (χ1n) is 5.44. The first-order chi connectivity index (χ1) is 7.57. The maximum absolute atomic E-state index is 11.7. The third-order valence-electron chi connectivity index (χ3n) is 2.36. The highest BCUT2D eigenvalue weighted by atomic mass is 16.5. The van der Waals surface area contributed by atoms with Crippen molar-refractivity contribution in [3.05, 3.63) is 23.0 Å². The zero-order valence-electron chi connectivity index (χ0n) is 9.92. The highest BCUT2D eigenvalue weighted by Gasteiger charge is 2.19. The minimum absolute atomic E-state index is 0.124. The van der Waals surface area contributed by atoms with Gasteiger partial charge in [0.1, 0.15) is 5.69 Å². The van der Waals surface area contributed by atoms with Gasteiger partial charge in [-0.05, 0) is 25.8 Å². The normalized spacial score (nSPS) is 10.2. The number of hydrogen-bond acceptors (Lipinski definition) is 3. The summed E-state index contributed by atoms with van der Waals surface area (Å²) >= 11 is 0. The molecule has 0 radical (unpaired) electrons. The Hall–Kier alpha value is -1.58. The lowest BCUT2D eigenvalue weighted by Crippen LogP contribution is -2.11. The molecule has 0 aromatic carbocycles. The van der Waals surface area contributed by atoms with E-state index in [0.29, 0.717) is 12.2 Å². The van der Waals surface area contributed by atoms with Gasteiger partial charge in [-0.1, -0.05) is 13.3 Å². The van der Waals surface area contributed by atoms with E-state index in [0.717, 1.165) is 18.4 Å². The maximum Gasteiger partial charge on any atom is 0.355 e. The van der Waals surface area contributed by atoms with Crippen LogP contribution in [0.3, 0.4) is 0 Å². The topological polar surface area (TPSA) is 59.2 Å². The fourth-order valence-electron chi connectivity index (χ4n) is 1.52. The molecule has 0 unspecified atom stereocenters. The lowest BCUT2D eigenvalue weighted by molar-refractivity contribution is 0.0490. The van der Waals surface area contributed by atoms with Gasteiger partial charge >= 0.3 is 5.97 Å². The third-order valence-corrected chi connectivity index (χ3v) is 2.36. The molecule has 0 atom stereocenters. The van der Waals surface area contributed by atoms with Crippen LogP contribution in [0.5, 0.6) is 0 Å². The fraction of sp³-hybridized carbons (Fsp3) is 0.500. The number of aryl methyl sites for hydroxylation is 1. The number of aromatic amines is 1. The number of H-pyrrole nitrogens is 1. The number of nitrogens with one attached hydrogen (secondary N) is 1. The molecule has 0 bridgehead atoms. The number of ether oxygens (including phenoxy) is 1. The molecule has 0 amide bonds. The number of unbranched alkanes of at least 4 members (excludes halogenated alkanes) is 1. The number of carbonyl (C=O) groups is 2. The monoisotopic (exact) mass is 223 g/mol. The number of esters is 1. The lowest BCUT2D eigenvalue weighted by Gasteiger charge is -2.03. The van der Waals surface area contributed by atoms with E-state index >= 15 is 0 Å². The number of aromatic nitrogens is 1. The zero-order chi connectivity index (χ0) is 12.1. The van der Waals surface area contributed by atoms with Gasteiger partial charge < -0.3 is 9.72 Å². The van der Waals surface area contributed by atoms with Crippen LogP contribution < -0.4 is 0 Å². The molecule has 0 aliphatic rings. The Morgan fingerprint density at radius 1 is 1.44 bits per heavy atom. The molecule has 4 nitrogen and oxygen atoms in total. The van der Waals surface area contributed by atoms with Crippen molar-refractivity contribution in [3.8, 4) is 0 Å². The predicted molar refractivity (Wildman–Crippen MR) is 60.7 cm³/mol. The Bertz CT molecular complexity index is 393. The average Bonchev–Trinajstić information content (AvgIpc) is 2.60. The smallest absolute Gasteiger partial charge is 0.355 e. The number of Topliss-reactive ketones (excluding diaryl/α,β-unsaturated/α-hetero) is 1. The van der Waals surface area contributed by atoms with Crippen LogP contribution in [-0.2, 0) is 4.74 Å². The van der Waals surface area contributed by atoms with Crippen molar-refractivity contribution in [2.24, 2.45) is 0 Å². The minimum atomic E-state index is -0.452. The van der Waals surface area contributed by atoms with Crippen molar-refractivity contribution < 1.29 is 14.3 Å². The lowest BCUT2D eigenvalue weighted by atomic mass is 10.1. The summed E-state index contributed by atoms with van der Waals surface area (Å²) in [6.45, 7) is 5.65. The Balaban J connectivity index is 2.79. The number of carbonyl (C=O) groups excluding carboxylic acids is 2. The van der Waals surface area contributed by atoms with E-state index in [1.807, 2.05) is 6.92 Å². The zero-order valence-corrected chi connectivity index (χ0v) is 9.92. The Morgan fingerprint density at radius 3 is 2.69 bits per heavy atom. The molecule has 0 fully saturated rings. The average molecular weight is 223 g/mol. The van der Waals surface area contributed by atoms with Crippen molar-refractivity contribution in [2.75, 3.05) is 6.61 Å². The van der Waals surface area contributed by atoms with Gasteiger partial charge in [0, 0.05) is 6.20 Å². The first kappa shape index (κ1) is 12.5.